The third-order valence-corrected chi connectivity index (χ3v) is 17.1. The van der Waals surface area contributed by atoms with Gasteiger partial charge >= 0.3 is 0 Å². The SMILES string of the molecule is CCCCCCCCCCCCCCCCCCCCCCCC(=O)NC(CO)(CCCCCCCCCCCCCC)CO[C@H]1O[C@H](COCc2ccccc2)[C@@H](OCc2ccccc2)[C@H](OCc2ccccc2)[C@@H]1OCc1ccccc1. The van der Waals surface area contributed by atoms with Gasteiger partial charge < -0.3 is 38.8 Å². The molecule has 9 heteroatoms. The first-order valence-corrected chi connectivity index (χ1v) is 34.3. The Labute approximate surface area is 511 Å². The van der Waals surface area contributed by atoms with Crippen molar-refractivity contribution in [2.75, 3.05) is 19.8 Å². The molecule has 1 heterocycles. The van der Waals surface area contributed by atoms with Crippen LogP contribution in [0.4, 0.5) is 0 Å². The minimum atomic E-state index is -1.03. The van der Waals surface area contributed by atoms with Crippen LogP contribution >= 0.6 is 0 Å². The molecule has 470 valence electrons. The summed E-state index contributed by atoms with van der Waals surface area (Å²) in [7, 11) is 0. The third kappa shape index (κ3) is 31.6. The predicted molar refractivity (Wildman–Crippen MR) is 347 cm³/mol. The normalized spacial score (nSPS) is 17.8. The van der Waals surface area contributed by atoms with Gasteiger partial charge in [0.15, 0.2) is 6.29 Å². The molecule has 0 aromatic heterocycles. The molecule has 1 amide bonds. The number of rotatable bonds is 53. The predicted octanol–water partition coefficient (Wildman–Crippen LogP) is 19.2. The lowest BCUT2D eigenvalue weighted by atomic mass is 9.92. The fraction of sp³-hybridized carbons (Fsp3) is 0.667. The van der Waals surface area contributed by atoms with Crippen LogP contribution < -0.4 is 5.32 Å². The Bertz CT molecular complexity index is 2110. The van der Waals surface area contributed by atoms with Crippen LogP contribution in [-0.4, -0.2) is 67.1 Å². The van der Waals surface area contributed by atoms with Gasteiger partial charge in [0.25, 0.3) is 0 Å². The lowest BCUT2D eigenvalue weighted by Crippen LogP contribution is -2.63. The van der Waals surface area contributed by atoms with Crippen molar-refractivity contribution in [3.05, 3.63) is 144 Å². The Morgan fingerprint density at radius 3 is 1.13 bits per heavy atom. The molecule has 0 radical (unpaired) electrons. The Kier molecular flexibility index (Phi) is 39.8. The number of benzene rings is 4. The van der Waals surface area contributed by atoms with Crippen LogP contribution in [0, 0.1) is 0 Å². The average molecular weight is 1160 g/mol. The van der Waals surface area contributed by atoms with Crippen LogP contribution in [0.3, 0.4) is 0 Å². The summed E-state index contributed by atoms with van der Waals surface area (Å²) in [6.07, 6.45) is 39.9. The van der Waals surface area contributed by atoms with Gasteiger partial charge in [0.1, 0.15) is 24.4 Å². The molecule has 0 spiro atoms. The highest BCUT2D eigenvalue weighted by molar-refractivity contribution is 5.76. The van der Waals surface area contributed by atoms with Crippen molar-refractivity contribution in [3.8, 4) is 0 Å². The highest BCUT2D eigenvalue weighted by Crippen LogP contribution is 2.33. The van der Waals surface area contributed by atoms with E-state index in [4.69, 9.17) is 28.4 Å². The maximum atomic E-state index is 14.1. The van der Waals surface area contributed by atoms with E-state index < -0.39 is 36.2 Å². The van der Waals surface area contributed by atoms with Gasteiger partial charge in [-0.1, -0.05) is 341 Å². The molecule has 6 atom stereocenters. The van der Waals surface area contributed by atoms with E-state index in [0.717, 1.165) is 60.8 Å². The lowest BCUT2D eigenvalue weighted by molar-refractivity contribution is -0.331. The molecular weight excluding hydrogens is 1040 g/mol. The molecule has 9 nitrogen and oxygen atoms in total. The number of nitrogens with one attached hydrogen (secondary N) is 1. The van der Waals surface area contributed by atoms with Crippen molar-refractivity contribution in [1.82, 2.24) is 5.32 Å². The van der Waals surface area contributed by atoms with Gasteiger partial charge in [-0.25, -0.2) is 0 Å². The highest BCUT2D eigenvalue weighted by atomic mass is 16.7. The van der Waals surface area contributed by atoms with E-state index in [-0.39, 0.29) is 32.3 Å². The van der Waals surface area contributed by atoms with Gasteiger partial charge in [-0.05, 0) is 35.1 Å². The molecule has 0 saturated carbocycles. The summed E-state index contributed by atoms with van der Waals surface area (Å²) in [5.74, 6) is -0.0449. The quantitative estimate of drug-likeness (QED) is 0.0421. The van der Waals surface area contributed by atoms with Gasteiger partial charge in [0.2, 0.25) is 5.91 Å². The van der Waals surface area contributed by atoms with Crippen molar-refractivity contribution >= 4 is 5.91 Å². The Morgan fingerprint density at radius 2 is 0.750 bits per heavy atom. The van der Waals surface area contributed by atoms with Gasteiger partial charge in [0.05, 0.1) is 51.8 Å². The van der Waals surface area contributed by atoms with E-state index >= 15 is 0 Å². The fourth-order valence-corrected chi connectivity index (χ4v) is 11.8. The monoisotopic (exact) mass is 1160 g/mol. The zero-order valence-corrected chi connectivity index (χ0v) is 52.9. The first-order valence-electron chi connectivity index (χ1n) is 34.3. The number of hydrogen-bond acceptors (Lipinski definition) is 8. The van der Waals surface area contributed by atoms with E-state index in [1.54, 1.807) is 0 Å². The number of hydrogen-bond donors (Lipinski definition) is 2. The maximum absolute atomic E-state index is 14.1. The van der Waals surface area contributed by atoms with E-state index in [0.29, 0.717) is 32.7 Å². The largest absolute Gasteiger partial charge is 0.394 e. The molecule has 5 rings (SSSR count). The van der Waals surface area contributed by atoms with Crippen molar-refractivity contribution in [2.24, 2.45) is 0 Å². The second kappa shape index (κ2) is 47.2. The van der Waals surface area contributed by atoms with E-state index in [2.05, 4.69) is 55.6 Å². The number of aliphatic hydroxyl groups is 1. The second-order valence-electron chi connectivity index (χ2n) is 24.6. The third-order valence-electron chi connectivity index (χ3n) is 17.1. The Hall–Kier alpha value is -3.93. The molecule has 4 aromatic carbocycles. The van der Waals surface area contributed by atoms with Crippen LogP contribution in [0.1, 0.15) is 261 Å². The van der Waals surface area contributed by atoms with Crippen LogP contribution in [-0.2, 0) is 59.6 Å². The number of carbonyl (C=O) groups excluding carboxylic acids is 1. The first kappa shape index (κ1) is 70.8. The number of aliphatic hydroxyl groups excluding tert-OH is 1. The van der Waals surface area contributed by atoms with E-state index in [1.165, 1.54) is 173 Å². The van der Waals surface area contributed by atoms with Gasteiger partial charge in [-0.15, -0.1) is 0 Å². The summed E-state index contributed by atoms with van der Waals surface area (Å²) in [6.45, 7) is 5.83. The molecule has 1 unspecified atom stereocenters. The molecule has 0 aliphatic carbocycles. The standard InChI is InChI=1S/C75H117NO8/c1-3-5-7-9-11-13-15-17-18-19-20-21-22-23-24-25-26-28-30-32-46-56-70(78)76-75(63-77,57-47-33-31-29-27-16-14-12-10-8-6-4-2)64-83-74-73(82-61-68-54-44-37-45-55-68)72(81-60-67-52-42-36-43-53-67)71(80-59-66-50-40-35-41-51-66)69(84-74)62-79-58-65-48-38-34-39-49-65/h34-45,48-55,69,71-74,77H,3-33,46-47,56-64H2,1-2H3,(H,76,78)/t69-,71-,72+,73+,74+,75?/m1/s1. The molecule has 2 N–H and O–H groups in total. The average Bonchev–Trinajstić information content (AvgIpc) is 3.72. The lowest BCUT2D eigenvalue weighted by Gasteiger charge is -2.46. The molecule has 1 aliphatic rings. The van der Waals surface area contributed by atoms with Crippen molar-refractivity contribution in [2.45, 2.75) is 301 Å². The molecule has 4 aromatic rings. The molecule has 84 heavy (non-hydrogen) atoms. The minimum absolute atomic E-state index is 0.0288. The Balaban J connectivity index is 1.22. The van der Waals surface area contributed by atoms with Crippen molar-refractivity contribution in [3.63, 3.8) is 0 Å². The summed E-state index contributed by atoms with van der Waals surface area (Å²) < 4.78 is 41.5. The number of amides is 1. The molecule has 1 fully saturated rings. The second-order valence-corrected chi connectivity index (χ2v) is 24.6. The van der Waals surface area contributed by atoms with Crippen molar-refractivity contribution < 1.29 is 38.3 Å². The van der Waals surface area contributed by atoms with Crippen LogP contribution in [0.2, 0.25) is 0 Å². The summed E-state index contributed by atoms with van der Waals surface area (Å²) in [5.41, 5.74) is 3.06. The zero-order valence-electron chi connectivity index (χ0n) is 52.9. The fourth-order valence-electron chi connectivity index (χ4n) is 11.8. The highest BCUT2D eigenvalue weighted by Gasteiger charge is 2.50. The summed E-state index contributed by atoms with van der Waals surface area (Å²) in [4.78, 5) is 14.1. The topological polar surface area (TPSA) is 105 Å². The van der Waals surface area contributed by atoms with Crippen LogP contribution in [0.25, 0.3) is 0 Å². The van der Waals surface area contributed by atoms with E-state index in [9.17, 15) is 9.90 Å². The van der Waals surface area contributed by atoms with Gasteiger partial charge in [-0.2, -0.15) is 0 Å². The number of ether oxygens (including phenoxy) is 6. The Morgan fingerprint density at radius 1 is 0.417 bits per heavy atom. The van der Waals surface area contributed by atoms with E-state index in [1.807, 2.05) is 84.9 Å². The van der Waals surface area contributed by atoms with Crippen molar-refractivity contribution in [1.29, 1.82) is 0 Å². The molecule has 1 aliphatic heterocycles. The van der Waals surface area contributed by atoms with Crippen LogP contribution in [0.5, 0.6) is 0 Å². The number of carbonyl (C=O) groups is 1. The smallest absolute Gasteiger partial charge is 0.220 e. The molecule has 0 bridgehead atoms. The molecule has 1 saturated heterocycles. The molecular formula is C75H117NO8. The summed E-state index contributed by atoms with van der Waals surface area (Å²) in [6, 6.07) is 40.6. The maximum Gasteiger partial charge on any atom is 0.220 e. The van der Waals surface area contributed by atoms with Crippen LogP contribution in [0.15, 0.2) is 121 Å². The van der Waals surface area contributed by atoms with Gasteiger partial charge in [0, 0.05) is 6.42 Å². The summed E-state index contributed by atoms with van der Waals surface area (Å²) >= 11 is 0. The summed E-state index contributed by atoms with van der Waals surface area (Å²) in [5, 5.41) is 14.9. The first-order chi connectivity index (χ1) is 41.5. The number of unbranched alkanes of at least 4 members (excludes halogenated alkanes) is 31. The zero-order chi connectivity index (χ0) is 59.1. The van der Waals surface area contributed by atoms with Gasteiger partial charge in [-0.3, -0.25) is 4.79 Å². The minimum Gasteiger partial charge on any atom is -0.394 e.